The van der Waals surface area contributed by atoms with Gasteiger partial charge in [0.1, 0.15) is 5.82 Å². The molecule has 1 aromatic heterocycles. The Morgan fingerprint density at radius 1 is 1.70 bits per heavy atom. The second kappa shape index (κ2) is 3.37. The standard InChI is InChI=1S/C7H12N2O/c1-9-5-4-8-7(9)3-6-10-2/h4-5H,3,6H2,1-2H3. The van der Waals surface area contributed by atoms with E-state index in [9.17, 15) is 0 Å². The molecule has 0 saturated carbocycles. The van der Waals surface area contributed by atoms with Gasteiger partial charge in [0.2, 0.25) is 0 Å². The van der Waals surface area contributed by atoms with Crippen LogP contribution < -0.4 is 0 Å². The first-order valence-electron chi connectivity index (χ1n) is 3.29. The van der Waals surface area contributed by atoms with Crippen LogP contribution in [0.5, 0.6) is 0 Å². The lowest BCUT2D eigenvalue weighted by Gasteiger charge is -1.98. The normalized spacial score (nSPS) is 10.2. The Morgan fingerprint density at radius 2 is 2.50 bits per heavy atom. The molecule has 0 bridgehead atoms. The van der Waals surface area contributed by atoms with Crippen molar-refractivity contribution in [2.45, 2.75) is 6.42 Å². The molecule has 0 amide bonds. The fourth-order valence-corrected chi connectivity index (χ4v) is 0.831. The van der Waals surface area contributed by atoms with Crippen molar-refractivity contribution in [2.24, 2.45) is 7.05 Å². The fraction of sp³-hybridized carbons (Fsp3) is 0.571. The highest BCUT2D eigenvalue weighted by molar-refractivity contribution is 4.90. The molecule has 10 heavy (non-hydrogen) atoms. The predicted octanol–water partition coefficient (Wildman–Crippen LogP) is 0.609. The van der Waals surface area contributed by atoms with Crippen molar-refractivity contribution < 1.29 is 4.74 Å². The van der Waals surface area contributed by atoms with Crippen LogP contribution in [-0.2, 0) is 18.2 Å². The fourth-order valence-electron chi connectivity index (χ4n) is 0.831. The van der Waals surface area contributed by atoms with Gasteiger partial charge in [-0.25, -0.2) is 4.98 Å². The zero-order chi connectivity index (χ0) is 7.40. The number of hydrogen-bond acceptors (Lipinski definition) is 2. The first kappa shape index (κ1) is 7.28. The first-order valence-corrected chi connectivity index (χ1v) is 3.29. The van der Waals surface area contributed by atoms with Gasteiger partial charge in [0.05, 0.1) is 6.61 Å². The Bertz CT molecular complexity index is 195. The van der Waals surface area contributed by atoms with Gasteiger partial charge in [-0.1, -0.05) is 0 Å². The smallest absolute Gasteiger partial charge is 0.110 e. The third-order valence-electron chi connectivity index (χ3n) is 1.45. The van der Waals surface area contributed by atoms with E-state index in [2.05, 4.69) is 4.98 Å². The maximum absolute atomic E-state index is 4.92. The first-order chi connectivity index (χ1) is 4.84. The van der Waals surface area contributed by atoms with E-state index in [0.29, 0.717) is 0 Å². The Hall–Kier alpha value is -0.830. The minimum atomic E-state index is 0.741. The van der Waals surface area contributed by atoms with Crippen molar-refractivity contribution in [2.75, 3.05) is 13.7 Å². The van der Waals surface area contributed by atoms with Crippen LogP contribution in [0.3, 0.4) is 0 Å². The van der Waals surface area contributed by atoms with Gasteiger partial charge in [0.15, 0.2) is 0 Å². The summed E-state index contributed by atoms with van der Waals surface area (Å²) in [6.07, 6.45) is 4.62. The lowest BCUT2D eigenvalue weighted by Crippen LogP contribution is -2.01. The van der Waals surface area contributed by atoms with Crippen LogP contribution in [0.2, 0.25) is 0 Å². The Balaban J connectivity index is 2.49. The average molecular weight is 140 g/mol. The van der Waals surface area contributed by atoms with E-state index in [1.54, 1.807) is 13.3 Å². The number of aryl methyl sites for hydroxylation is 1. The summed E-state index contributed by atoms with van der Waals surface area (Å²) in [6, 6.07) is 0. The number of imidazole rings is 1. The van der Waals surface area contributed by atoms with Crippen molar-refractivity contribution in [3.8, 4) is 0 Å². The largest absolute Gasteiger partial charge is 0.384 e. The molecule has 0 aromatic carbocycles. The Labute approximate surface area is 60.6 Å². The average Bonchev–Trinajstić information content (AvgIpc) is 2.31. The van der Waals surface area contributed by atoms with Crippen molar-refractivity contribution in [1.82, 2.24) is 9.55 Å². The van der Waals surface area contributed by atoms with Crippen molar-refractivity contribution >= 4 is 0 Å². The maximum Gasteiger partial charge on any atom is 0.110 e. The van der Waals surface area contributed by atoms with Crippen LogP contribution in [0.15, 0.2) is 12.4 Å². The Morgan fingerprint density at radius 3 is 3.00 bits per heavy atom. The second-order valence-electron chi connectivity index (χ2n) is 2.20. The van der Waals surface area contributed by atoms with Gasteiger partial charge in [-0.15, -0.1) is 0 Å². The number of hydrogen-bond donors (Lipinski definition) is 0. The molecule has 0 aliphatic heterocycles. The van der Waals surface area contributed by atoms with E-state index in [1.807, 2.05) is 17.8 Å². The van der Waals surface area contributed by atoms with E-state index in [-0.39, 0.29) is 0 Å². The number of methoxy groups -OCH3 is 1. The van der Waals surface area contributed by atoms with Crippen molar-refractivity contribution in [1.29, 1.82) is 0 Å². The molecule has 3 nitrogen and oxygen atoms in total. The molecule has 0 saturated heterocycles. The van der Waals surface area contributed by atoms with Crippen LogP contribution in [0.4, 0.5) is 0 Å². The molecule has 1 rings (SSSR count). The molecule has 0 aliphatic carbocycles. The molecule has 0 aliphatic rings. The highest BCUT2D eigenvalue weighted by atomic mass is 16.5. The van der Waals surface area contributed by atoms with Gasteiger partial charge >= 0.3 is 0 Å². The highest BCUT2D eigenvalue weighted by Gasteiger charge is 1.95. The van der Waals surface area contributed by atoms with Gasteiger partial charge < -0.3 is 9.30 Å². The zero-order valence-electron chi connectivity index (χ0n) is 6.37. The number of rotatable bonds is 3. The third kappa shape index (κ3) is 1.57. The second-order valence-corrected chi connectivity index (χ2v) is 2.20. The summed E-state index contributed by atoms with van der Waals surface area (Å²) in [4.78, 5) is 4.14. The van der Waals surface area contributed by atoms with Crippen LogP contribution in [0, 0.1) is 0 Å². The number of aromatic nitrogens is 2. The topological polar surface area (TPSA) is 27.1 Å². The van der Waals surface area contributed by atoms with E-state index in [4.69, 9.17) is 4.74 Å². The molecule has 3 heteroatoms. The Kier molecular flexibility index (Phi) is 2.45. The van der Waals surface area contributed by atoms with Crippen LogP contribution >= 0.6 is 0 Å². The van der Waals surface area contributed by atoms with Crippen molar-refractivity contribution in [3.63, 3.8) is 0 Å². The summed E-state index contributed by atoms with van der Waals surface area (Å²) < 4.78 is 6.92. The van der Waals surface area contributed by atoms with Gasteiger partial charge in [-0.3, -0.25) is 0 Å². The molecular weight excluding hydrogens is 128 g/mol. The third-order valence-corrected chi connectivity index (χ3v) is 1.45. The van der Waals surface area contributed by atoms with E-state index >= 15 is 0 Å². The van der Waals surface area contributed by atoms with Crippen LogP contribution in [0.25, 0.3) is 0 Å². The molecule has 0 N–H and O–H groups in total. The molecule has 0 spiro atoms. The summed E-state index contributed by atoms with van der Waals surface area (Å²) in [5, 5.41) is 0. The van der Waals surface area contributed by atoms with Gasteiger partial charge in [0.25, 0.3) is 0 Å². The quantitative estimate of drug-likeness (QED) is 0.615. The summed E-state index contributed by atoms with van der Waals surface area (Å²) in [6.45, 7) is 0.741. The van der Waals surface area contributed by atoms with Crippen LogP contribution in [0.1, 0.15) is 5.82 Å². The molecular formula is C7H12N2O. The number of ether oxygens (including phenoxy) is 1. The summed E-state index contributed by atoms with van der Waals surface area (Å²) in [5.74, 6) is 1.07. The van der Waals surface area contributed by atoms with Gasteiger partial charge in [-0.2, -0.15) is 0 Å². The monoisotopic (exact) mass is 140 g/mol. The number of nitrogens with zero attached hydrogens (tertiary/aromatic N) is 2. The predicted molar refractivity (Wildman–Crippen MR) is 38.8 cm³/mol. The highest BCUT2D eigenvalue weighted by Crippen LogP contribution is 1.94. The van der Waals surface area contributed by atoms with E-state index in [0.717, 1.165) is 18.9 Å². The van der Waals surface area contributed by atoms with E-state index < -0.39 is 0 Å². The molecule has 0 fully saturated rings. The molecule has 1 heterocycles. The molecule has 0 unspecified atom stereocenters. The molecule has 56 valence electrons. The molecule has 1 aromatic rings. The maximum atomic E-state index is 4.92. The minimum absolute atomic E-state index is 0.741. The molecule has 0 atom stereocenters. The summed E-state index contributed by atoms with van der Waals surface area (Å²) in [7, 11) is 3.68. The van der Waals surface area contributed by atoms with Crippen LogP contribution in [-0.4, -0.2) is 23.3 Å². The zero-order valence-corrected chi connectivity index (χ0v) is 6.37. The molecule has 0 radical (unpaired) electrons. The van der Waals surface area contributed by atoms with Gasteiger partial charge in [0, 0.05) is 33.0 Å². The lowest BCUT2D eigenvalue weighted by molar-refractivity contribution is 0.200. The van der Waals surface area contributed by atoms with Gasteiger partial charge in [-0.05, 0) is 0 Å². The van der Waals surface area contributed by atoms with Crippen molar-refractivity contribution in [3.05, 3.63) is 18.2 Å². The summed E-state index contributed by atoms with van der Waals surface area (Å²) >= 11 is 0. The SMILES string of the molecule is COCCc1nccn1C. The van der Waals surface area contributed by atoms with E-state index in [1.165, 1.54) is 0 Å². The lowest BCUT2D eigenvalue weighted by atomic mass is 10.4. The summed E-state index contributed by atoms with van der Waals surface area (Å²) in [5.41, 5.74) is 0. The minimum Gasteiger partial charge on any atom is -0.384 e.